The number of halogens is 1. The van der Waals surface area contributed by atoms with Gasteiger partial charge in [0.25, 0.3) is 0 Å². The molecule has 1 heterocycles. The molecule has 0 aliphatic heterocycles. The van der Waals surface area contributed by atoms with Gasteiger partial charge in [0.15, 0.2) is 0 Å². The van der Waals surface area contributed by atoms with Crippen molar-refractivity contribution in [3.05, 3.63) is 77.4 Å². The fraction of sp³-hybridized carbons (Fsp3) is 0.190. The molecule has 28 heavy (non-hydrogen) atoms. The van der Waals surface area contributed by atoms with Gasteiger partial charge in [0.2, 0.25) is 11.1 Å². The van der Waals surface area contributed by atoms with Crippen LogP contribution in [0.15, 0.2) is 59.8 Å². The second kappa shape index (κ2) is 8.39. The zero-order valence-corrected chi connectivity index (χ0v) is 15.8. The average molecular weight is 394 g/mol. The van der Waals surface area contributed by atoms with Crippen molar-refractivity contribution >= 4 is 29.8 Å². The lowest BCUT2D eigenvalue weighted by molar-refractivity contribution is -0.120. The standard InChI is InChI=1S/C21H19FN4OS/c22-16-9-7-15(8-10-16)19(20(27)23-17-11-12-17)28-21-24-18(25-26-21)13-6-14-4-2-1-3-5-14/h1-10,13,17,19H,11-12H2,(H,23,27)(H,24,25,26)/b13-6+. The van der Waals surface area contributed by atoms with E-state index >= 15 is 0 Å². The number of carbonyl (C=O) groups excluding carboxylic acids is 1. The van der Waals surface area contributed by atoms with Crippen molar-refractivity contribution in [3.8, 4) is 0 Å². The number of nitrogens with zero attached hydrogens (tertiary/aromatic N) is 2. The zero-order valence-electron chi connectivity index (χ0n) is 15.0. The number of rotatable bonds is 7. The maximum Gasteiger partial charge on any atom is 0.238 e. The first-order chi connectivity index (χ1) is 13.7. The van der Waals surface area contributed by atoms with Crippen LogP contribution in [0.1, 0.15) is 35.0 Å². The zero-order chi connectivity index (χ0) is 19.3. The van der Waals surface area contributed by atoms with Gasteiger partial charge in [0, 0.05) is 6.04 Å². The second-order valence-electron chi connectivity index (χ2n) is 6.58. The van der Waals surface area contributed by atoms with Crippen molar-refractivity contribution in [1.29, 1.82) is 0 Å². The van der Waals surface area contributed by atoms with E-state index in [0.717, 1.165) is 24.0 Å². The molecule has 142 valence electrons. The van der Waals surface area contributed by atoms with Gasteiger partial charge in [-0.15, -0.1) is 5.10 Å². The van der Waals surface area contributed by atoms with Crippen LogP contribution in [-0.2, 0) is 4.79 Å². The summed E-state index contributed by atoms with van der Waals surface area (Å²) < 4.78 is 13.3. The molecule has 3 aromatic rings. The van der Waals surface area contributed by atoms with Gasteiger partial charge in [-0.2, -0.15) is 0 Å². The van der Waals surface area contributed by atoms with Gasteiger partial charge in [-0.25, -0.2) is 9.37 Å². The SMILES string of the molecule is O=C(NC1CC1)C(Sc1n[nH]c(/C=C/c2ccccc2)n1)c1ccc(F)cc1. The first-order valence-corrected chi connectivity index (χ1v) is 9.93. The summed E-state index contributed by atoms with van der Waals surface area (Å²) in [6, 6.07) is 16.1. The predicted molar refractivity (Wildman–Crippen MR) is 108 cm³/mol. The minimum absolute atomic E-state index is 0.106. The first kappa shape index (κ1) is 18.4. The number of H-pyrrole nitrogens is 1. The maximum absolute atomic E-state index is 13.3. The Bertz CT molecular complexity index is 968. The van der Waals surface area contributed by atoms with Crippen LogP contribution in [-0.4, -0.2) is 27.1 Å². The molecule has 1 aliphatic rings. The molecule has 0 saturated heterocycles. The van der Waals surface area contributed by atoms with Gasteiger partial charge in [-0.05, 0) is 42.2 Å². The van der Waals surface area contributed by atoms with E-state index in [1.807, 2.05) is 42.5 Å². The van der Waals surface area contributed by atoms with Crippen LogP contribution in [0, 0.1) is 5.82 Å². The summed E-state index contributed by atoms with van der Waals surface area (Å²) in [5.41, 5.74) is 1.77. The fourth-order valence-electron chi connectivity index (χ4n) is 2.65. The molecule has 1 aliphatic carbocycles. The number of benzene rings is 2. The number of hydrogen-bond donors (Lipinski definition) is 2. The molecule has 7 heteroatoms. The molecule has 5 nitrogen and oxygen atoms in total. The normalized spacial score (nSPS) is 14.9. The Morgan fingerprint density at radius 2 is 1.89 bits per heavy atom. The Hall–Kier alpha value is -2.93. The van der Waals surface area contributed by atoms with E-state index in [1.54, 1.807) is 12.1 Å². The predicted octanol–water partition coefficient (Wildman–Crippen LogP) is 4.23. The van der Waals surface area contributed by atoms with E-state index in [4.69, 9.17) is 0 Å². The van der Waals surface area contributed by atoms with Crippen molar-refractivity contribution in [2.24, 2.45) is 0 Å². The third kappa shape index (κ3) is 4.86. The Balaban J connectivity index is 1.50. The minimum Gasteiger partial charge on any atom is -0.352 e. The lowest BCUT2D eigenvalue weighted by Gasteiger charge is -2.15. The second-order valence-corrected chi connectivity index (χ2v) is 7.65. The number of hydrogen-bond acceptors (Lipinski definition) is 4. The minimum atomic E-state index is -0.539. The molecule has 1 saturated carbocycles. The van der Waals surface area contributed by atoms with Gasteiger partial charge in [0.05, 0.1) is 0 Å². The molecule has 1 atom stereocenters. The van der Waals surface area contributed by atoms with E-state index in [1.165, 1.54) is 23.9 Å². The highest BCUT2D eigenvalue weighted by molar-refractivity contribution is 8.00. The first-order valence-electron chi connectivity index (χ1n) is 9.05. The molecule has 0 spiro atoms. The number of amides is 1. The van der Waals surface area contributed by atoms with Crippen molar-refractivity contribution in [3.63, 3.8) is 0 Å². The van der Waals surface area contributed by atoms with Crippen LogP contribution in [0.3, 0.4) is 0 Å². The summed E-state index contributed by atoms with van der Waals surface area (Å²) in [6.07, 6.45) is 5.78. The highest BCUT2D eigenvalue weighted by Gasteiger charge is 2.30. The molecule has 0 bridgehead atoms. The third-order valence-electron chi connectivity index (χ3n) is 4.27. The molecule has 1 aromatic heterocycles. The van der Waals surface area contributed by atoms with Gasteiger partial charge in [-0.3, -0.25) is 9.89 Å². The summed E-state index contributed by atoms with van der Waals surface area (Å²) >= 11 is 1.25. The Morgan fingerprint density at radius 3 is 2.61 bits per heavy atom. The Kier molecular flexibility index (Phi) is 5.53. The maximum atomic E-state index is 13.3. The summed E-state index contributed by atoms with van der Waals surface area (Å²) in [5, 5.41) is 10.0. The van der Waals surface area contributed by atoms with Gasteiger partial charge in [-0.1, -0.05) is 60.3 Å². The number of nitrogens with one attached hydrogen (secondary N) is 2. The van der Waals surface area contributed by atoms with Gasteiger partial charge < -0.3 is 5.32 Å². The van der Waals surface area contributed by atoms with E-state index < -0.39 is 5.25 Å². The van der Waals surface area contributed by atoms with Crippen LogP contribution in [0.4, 0.5) is 4.39 Å². The molecule has 0 radical (unpaired) electrons. The number of thioether (sulfide) groups is 1. The largest absolute Gasteiger partial charge is 0.352 e. The van der Waals surface area contributed by atoms with E-state index in [2.05, 4.69) is 20.5 Å². The highest BCUT2D eigenvalue weighted by Crippen LogP contribution is 2.34. The molecule has 1 amide bonds. The summed E-state index contributed by atoms with van der Waals surface area (Å²) in [5.74, 6) is 0.165. The molecule has 1 unspecified atom stereocenters. The van der Waals surface area contributed by atoms with Crippen molar-refractivity contribution in [1.82, 2.24) is 20.5 Å². The third-order valence-corrected chi connectivity index (χ3v) is 5.39. The smallest absolute Gasteiger partial charge is 0.238 e. The van der Waals surface area contributed by atoms with E-state index in [9.17, 15) is 9.18 Å². The molecule has 2 N–H and O–H groups in total. The van der Waals surface area contributed by atoms with Crippen LogP contribution >= 0.6 is 11.8 Å². The molecule has 4 rings (SSSR count). The van der Waals surface area contributed by atoms with Gasteiger partial charge >= 0.3 is 0 Å². The Labute approximate surface area is 166 Å². The summed E-state index contributed by atoms with van der Waals surface area (Å²) in [6.45, 7) is 0. The monoisotopic (exact) mass is 394 g/mol. The summed E-state index contributed by atoms with van der Waals surface area (Å²) in [4.78, 5) is 17.1. The number of carbonyl (C=O) groups is 1. The van der Waals surface area contributed by atoms with Crippen molar-refractivity contribution in [2.75, 3.05) is 0 Å². The average Bonchev–Trinajstić information content (AvgIpc) is 3.41. The van der Waals surface area contributed by atoms with Crippen LogP contribution in [0.5, 0.6) is 0 Å². The Morgan fingerprint density at radius 1 is 1.14 bits per heavy atom. The topological polar surface area (TPSA) is 70.7 Å². The fourth-order valence-corrected chi connectivity index (χ4v) is 3.57. The molecular weight excluding hydrogens is 375 g/mol. The van der Waals surface area contributed by atoms with E-state index in [0.29, 0.717) is 11.0 Å². The molecular formula is C21H19FN4OS. The highest BCUT2D eigenvalue weighted by atomic mass is 32.2. The van der Waals surface area contributed by atoms with E-state index in [-0.39, 0.29) is 17.8 Å². The molecule has 1 fully saturated rings. The van der Waals surface area contributed by atoms with Crippen LogP contribution in [0.2, 0.25) is 0 Å². The van der Waals surface area contributed by atoms with Crippen molar-refractivity contribution < 1.29 is 9.18 Å². The molecule has 2 aromatic carbocycles. The quantitative estimate of drug-likeness (QED) is 0.589. The lowest BCUT2D eigenvalue weighted by atomic mass is 10.1. The van der Waals surface area contributed by atoms with Gasteiger partial charge in [0.1, 0.15) is 16.9 Å². The number of aromatic amines is 1. The summed E-state index contributed by atoms with van der Waals surface area (Å²) in [7, 11) is 0. The van der Waals surface area contributed by atoms with Crippen molar-refractivity contribution in [2.45, 2.75) is 29.3 Å². The number of aromatic nitrogens is 3. The van der Waals surface area contributed by atoms with Crippen LogP contribution in [0.25, 0.3) is 12.2 Å². The lowest BCUT2D eigenvalue weighted by Crippen LogP contribution is -2.29. The van der Waals surface area contributed by atoms with Crippen LogP contribution < -0.4 is 5.32 Å².